The molecule has 0 fully saturated rings. The van der Waals surface area contributed by atoms with Gasteiger partial charge in [-0.15, -0.1) is 0 Å². The Labute approximate surface area is 117 Å². The molecule has 0 unspecified atom stereocenters. The largest absolute Gasteiger partial charge is 0.411 e. The van der Waals surface area contributed by atoms with Crippen LogP contribution in [0.25, 0.3) is 0 Å². The van der Waals surface area contributed by atoms with E-state index in [1.807, 2.05) is 12.1 Å². The molecule has 1 heterocycles. The Kier molecular flexibility index (Phi) is 4.53. The molecule has 4 heteroatoms. The van der Waals surface area contributed by atoms with Crippen LogP contribution in [0.1, 0.15) is 23.1 Å². The van der Waals surface area contributed by atoms with Gasteiger partial charge in [-0.25, -0.2) is 4.98 Å². The van der Waals surface area contributed by atoms with E-state index in [-0.39, 0.29) is 0 Å². The van der Waals surface area contributed by atoms with E-state index in [1.165, 1.54) is 11.1 Å². The molecule has 0 aliphatic carbocycles. The van der Waals surface area contributed by atoms with Gasteiger partial charge < -0.3 is 5.21 Å². The second-order valence-corrected chi connectivity index (χ2v) is 4.73. The van der Waals surface area contributed by atoms with Gasteiger partial charge in [0.2, 0.25) is 0 Å². The molecule has 1 N–H and O–H groups in total. The highest BCUT2D eigenvalue weighted by Gasteiger charge is 2.07. The van der Waals surface area contributed by atoms with E-state index in [4.69, 9.17) is 16.8 Å². The van der Waals surface area contributed by atoms with E-state index < -0.39 is 0 Å². The highest BCUT2D eigenvalue weighted by molar-refractivity contribution is 6.29. The van der Waals surface area contributed by atoms with Gasteiger partial charge in [-0.2, -0.15) is 0 Å². The smallest absolute Gasteiger partial charge is 0.129 e. The number of aromatic nitrogens is 1. The third kappa shape index (κ3) is 3.55. The molecular weight excluding hydrogens is 260 g/mol. The van der Waals surface area contributed by atoms with Crippen LogP contribution in [0.3, 0.4) is 0 Å². The Hall–Kier alpha value is -1.87. The standard InChI is InChI=1S/C15H15ClN2O/c1-11-4-2-3-5-12(11)6-7-14(18-19)13-8-9-17-15(16)10-13/h2-5,8-10,19H,6-7H2,1H3. The zero-order chi connectivity index (χ0) is 13.7. The van der Waals surface area contributed by atoms with Gasteiger partial charge in [-0.05, 0) is 43.0 Å². The van der Waals surface area contributed by atoms with Crippen molar-refractivity contribution in [3.63, 3.8) is 0 Å². The first-order chi connectivity index (χ1) is 9.20. The van der Waals surface area contributed by atoms with E-state index in [0.717, 1.165) is 12.0 Å². The van der Waals surface area contributed by atoms with Crippen LogP contribution >= 0.6 is 11.6 Å². The SMILES string of the molecule is Cc1ccccc1CCC(=NO)c1ccnc(Cl)c1. The number of hydrogen-bond acceptors (Lipinski definition) is 3. The van der Waals surface area contributed by atoms with E-state index >= 15 is 0 Å². The monoisotopic (exact) mass is 274 g/mol. The van der Waals surface area contributed by atoms with Crippen LogP contribution in [0.4, 0.5) is 0 Å². The lowest BCUT2D eigenvalue weighted by atomic mass is 10.00. The quantitative estimate of drug-likeness (QED) is 0.398. The van der Waals surface area contributed by atoms with Crippen molar-refractivity contribution in [2.75, 3.05) is 0 Å². The van der Waals surface area contributed by atoms with Crippen LogP contribution in [0.2, 0.25) is 5.15 Å². The maximum Gasteiger partial charge on any atom is 0.129 e. The Balaban J connectivity index is 2.11. The minimum atomic E-state index is 0.398. The first-order valence-corrected chi connectivity index (χ1v) is 6.46. The molecule has 1 aromatic carbocycles. The highest BCUT2D eigenvalue weighted by atomic mass is 35.5. The molecule has 0 saturated heterocycles. The predicted molar refractivity (Wildman–Crippen MR) is 77.1 cm³/mol. The Morgan fingerprint density at radius 3 is 2.79 bits per heavy atom. The molecule has 2 rings (SSSR count). The Morgan fingerprint density at radius 2 is 2.11 bits per heavy atom. The van der Waals surface area contributed by atoms with Crippen molar-refractivity contribution in [1.29, 1.82) is 0 Å². The molecule has 98 valence electrons. The fourth-order valence-corrected chi connectivity index (χ4v) is 2.15. The minimum Gasteiger partial charge on any atom is -0.411 e. The van der Waals surface area contributed by atoms with Crippen LogP contribution in [-0.2, 0) is 6.42 Å². The summed E-state index contributed by atoms with van der Waals surface area (Å²) < 4.78 is 0. The van der Waals surface area contributed by atoms with Crippen molar-refractivity contribution in [1.82, 2.24) is 4.98 Å². The van der Waals surface area contributed by atoms with Crippen molar-refractivity contribution >= 4 is 17.3 Å². The lowest BCUT2D eigenvalue weighted by Gasteiger charge is -2.07. The molecule has 0 atom stereocenters. The molecule has 0 amide bonds. The highest BCUT2D eigenvalue weighted by Crippen LogP contribution is 2.14. The van der Waals surface area contributed by atoms with Gasteiger partial charge in [0, 0.05) is 11.8 Å². The average Bonchev–Trinajstić information content (AvgIpc) is 2.41. The number of rotatable bonds is 4. The van der Waals surface area contributed by atoms with E-state index in [1.54, 1.807) is 18.3 Å². The molecule has 0 saturated carbocycles. The van der Waals surface area contributed by atoms with Crippen LogP contribution in [-0.4, -0.2) is 15.9 Å². The number of nitrogens with zero attached hydrogens (tertiary/aromatic N) is 2. The number of aryl methyl sites for hydroxylation is 2. The minimum absolute atomic E-state index is 0.398. The molecule has 0 bridgehead atoms. The lowest BCUT2D eigenvalue weighted by molar-refractivity contribution is 0.318. The number of pyridine rings is 1. The summed E-state index contributed by atoms with van der Waals surface area (Å²) in [5, 5.41) is 12.9. The van der Waals surface area contributed by atoms with Gasteiger partial charge in [0.15, 0.2) is 0 Å². The summed E-state index contributed by atoms with van der Waals surface area (Å²) in [7, 11) is 0. The summed E-state index contributed by atoms with van der Waals surface area (Å²) in [5.41, 5.74) is 3.92. The first kappa shape index (κ1) is 13.6. The molecule has 1 aromatic heterocycles. The van der Waals surface area contributed by atoms with Crippen LogP contribution in [0.15, 0.2) is 47.8 Å². The van der Waals surface area contributed by atoms with E-state index in [9.17, 15) is 0 Å². The molecule has 3 nitrogen and oxygen atoms in total. The van der Waals surface area contributed by atoms with Gasteiger partial charge in [0.1, 0.15) is 5.15 Å². The van der Waals surface area contributed by atoms with Crippen molar-refractivity contribution in [3.8, 4) is 0 Å². The molecule has 0 aliphatic heterocycles. The molecular formula is C15H15ClN2O. The summed E-state index contributed by atoms with van der Waals surface area (Å²) in [6.45, 7) is 2.08. The fraction of sp³-hybridized carbons (Fsp3) is 0.200. The van der Waals surface area contributed by atoms with Crippen molar-refractivity contribution < 1.29 is 5.21 Å². The van der Waals surface area contributed by atoms with Gasteiger partial charge in [0.25, 0.3) is 0 Å². The summed E-state index contributed by atoms with van der Waals surface area (Å²) in [5.74, 6) is 0. The van der Waals surface area contributed by atoms with Gasteiger partial charge in [-0.1, -0.05) is 41.0 Å². The van der Waals surface area contributed by atoms with Crippen molar-refractivity contribution in [2.24, 2.45) is 5.16 Å². The van der Waals surface area contributed by atoms with Gasteiger partial charge >= 0.3 is 0 Å². The normalized spacial score (nSPS) is 11.6. The Bertz CT molecular complexity index is 596. The zero-order valence-electron chi connectivity index (χ0n) is 10.7. The third-order valence-electron chi connectivity index (χ3n) is 3.07. The van der Waals surface area contributed by atoms with E-state index in [2.05, 4.69) is 29.2 Å². The number of halogens is 1. The molecule has 0 spiro atoms. The summed E-state index contributed by atoms with van der Waals surface area (Å²) in [6, 6.07) is 11.7. The lowest BCUT2D eigenvalue weighted by Crippen LogP contribution is -2.04. The molecule has 19 heavy (non-hydrogen) atoms. The maximum absolute atomic E-state index is 9.14. The van der Waals surface area contributed by atoms with Crippen LogP contribution in [0, 0.1) is 6.92 Å². The number of hydrogen-bond donors (Lipinski definition) is 1. The summed E-state index contributed by atoms with van der Waals surface area (Å²) in [4.78, 5) is 3.92. The first-order valence-electron chi connectivity index (χ1n) is 6.08. The topological polar surface area (TPSA) is 45.5 Å². The van der Waals surface area contributed by atoms with Crippen LogP contribution < -0.4 is 0 Å². The second-order valence-electron chi connectivity index (χ2n) is 4.34. The summed E-state index contributed by atoms with van der Waals surface area (Å²) >= 11 is 5.84. The van der Waals surface area contributed by atoms with Crippen molar-refractivity contribution in [3.05, 3.63) is 64.4 Å². The van der Waals surface area contributed by atoms with Gasteiger partial charge in [-0.3, -0.25) is 0 Å². The van der Waals surface area contributed by atoms with Crippen molar-refractivity contribution in [2.45, 2.75) is 19.8 Å². The number of benzene rings is 1. The third-order valence-corrected chi connectivity index (χ3v) is 3.28. The molecule has 0 radical (unpaired) electrons. The maximum atomic E-state index is 9.14. The van der Waals surface area contributed by atoms with E-state index in [0.29, 0.717) is 17.3 Å². The fourth-order valence-electron chi connectivity index (χ4n) is 1.98. The Morgan fingerprint density at radius 1 is 1.32 bits per heavy atom. The average molecular weight is 275 g/mol. The zero-order valence-corrected chi connectivity index (χ0v) is 11.4. The predicted octanol–water partition coefficient (Wildman–Crippen LogP) is 3.85. The van der Waals surface area contributed by atoms with Crippen LogP contribution in [0.5, 0.6) is 0 Å². The molecule has 0 aliphatic rings. The second kappa shape index (κ2) is 6.34. The number of oxime groups is 1. The summed E-state index contributed by atoms with van der Waals surface area (Å²) in [6.07, 6.45) is 3.09. The molecule has 2 aromatic rings. The van der Waals surface area contributed by atoms with Gasteiger partial charge in [0.05, 0.1) is 5.71 Å².